The number of nitrogens with zero attached hydrogens (tertiary/aromatic N) is 1. The van der Waals surface area contributed by atoms with Gasteiger partial charge in [0.15, 0.2) is 0 Å². The molecule has 1 saturated heterocycles. The van der Waals surface area contributed by atoms with Crippen LogP contribution in [0.1, 0.15) is 59.1 Å². The largest absolute Gasteiger partial charge is 0.490 e. The topological polar surface area (TPSA) is 129 Å². The van der Waals surface area contributed by atoms with E-state index >= 15 is 0 Å². The van der Waals surface area contributed by atoms with Gasteiger partial charge in [0.25, 0.3) is 5.91 Å². The molecule has 1 heterocycles. The highest BCUT2D eigenvalue weighted by atomic mass is 16.5. The number of hydrogen-bond donors (Lipinski definition) is 4. The van der Waals surface area contributed by atoms with Gasteiger partial charge in [0.2, 0.25) is 18.2 Å². The molecule has 0 aromatic heterocycles. The fraction of sp³-hybridized carbons (Fsp3) is 0.556. The van der Waals surface area contributed by atoms with Crippen LogP contribution in [0, 0.1) is 11.8 Å². The molecule has 204 valence electrons. The van der Waals surface area contributed by atoms with Gasteiger partial charge in [-0.3, -0.25) is 24.2 Å². The number of ether oxygens (including phenoxy) is 1. The fourth-order valence-electron chi connectivity index (χ4n) is 4.22. The molecule has 37 heavy (non-hydrogen) atoms. The predicted octanol–water partition coefficient (Wildman–Crippen LogP) is 1.84. The molecule has 0 bridgehead atoms. The Balaban J connectivity index is 2.03. The zero-order valence-electron chi connectivity index (χ0n) is 22.5. The smallest absolute Gasteiger partial charge is 0.258 e. The van der Waals surface area contributed by atoms with Gasteiger partial charge < -0.3 is 20.7 Å². The van der Waals surface area contributed by atoms with Crippen LogP contribution in [-0.2, 0) is 19.2 Å². The van der Waals surface area contributed by atoms with E-state index in [0.29, 0.717) is 38.2 Å². The van der Waals surface area contributed by atoms with Crippen molar-refractivity contribution in [3.8, 4) is 5.75 Å². The number of nitrogens with one attached hydrogen (secondary N) is 4. The second-order valence-corrected chi connectivity index (χ2v) is 9.95. The lowest BCUT2D eigenvalue weighted by Crippen LogP contribution is -2.61. The summed E-state index contributed by atoms with van der Waals surface area (Å²) in [6, 6.07) is 5.19. The molecule has 0 unspecified atom stereocenters. The van der Waals surface area contributed by atoms with Crippen LogP contribution < -0.4 is 26.1 Å². The molecule has 4 amide bonds. The highest BCUT2D eigenvalue weighted by Gasteiger charge is 2.33. The van der Waals surface area contributed by atoms with E-state index in [2.05, 4.69) is 28.0 Å². The van der Waals surface area contributed by atoms with Gasteiger partial charge in [0, 0.05) is 6.54 Å². The first-order valence-corrected chi connectivity index (χ1v) is 12.8. The summed E-state index contributed by atoms with van der Waals surface area (Å²) in [7, 11) is 0. The van der Waals surface area contributed by atoms with Crippen molar-refractivity contribution in [1.29, 1.82) is 0 Å². The Morgan fingerprint density at radius 1 is 1.16 bits per heavy atom. The maximum Gasteiger partial charge on any atom is 0.258 e. The Morgan fingerprint density at radius 3 is 2.51 bits per heavy atom. The quantitative estimate of drug-likeness (QED) is 0.234. The molecular formula is C27H41N5O5. The standard InChI is InChI=1S/C27H41N5O5/c1-7-14-37-21-11-8-10-20(15-21)23(17(2)3)30-25(34)22-12-9-13-32(31-22)27(36)19(6)29-26(35)24(18(4)5)28-16-33/h7-8,10-11,15-19,22-24,31H,1,9,12-14H2,2-6H3,(H,28,33)(H,29,35)(H,30,34)/t19-,22-,23+,24-/m0/s1. The van der Waals surface area contributed by atoms with Crippen LogP contribution >= 0.6 is 0 Å². The summed E-state index contributed by atoms with van der Waals surface area (Å²) in [4.78, 5) is 49.6. The Morgan fingerprint density at radius 2 is 1.89 bits per heavy atom. The summed E-state index contributed by atoms with van der Waals surface area (Å²) < 4.78 is 5.64. The highest BCUT2D eigenvalue weighted by molar-refractivity contribution is 5.90. The van der Waals surface area contributed by atoms with Crippen LogP contribution in [0.5, 0.6) is 5.75 Å². The number of benzene rings is 1. The van der Waals surface area contributed by atoms with E-state index in [4.69, 9.17) is 4.74 Å². The van der Waals surface area contributed by atoms with E-state index in [0.717, 1.165) is 5.56 Å². The Hall–Kier alpha value is -3.40. The molecule has 10 heteroatoms. The zero-order valence-corrected chi connectivity index (χ0v) is 22.5. The lowest BCUT2D eigenvalue weighted by Gasteiger charge is -2.36. The normalized spacial score (nSPS) is 17.9. The van der Waals surface area contributed by atoms with Gasteiger partial charge >= 0.3 is 0 Å². The molecule has 0 radical (unpaired) electrons. The van der Waals surface area contributed by atoms with Crippen LogP contribution in [0.25, 0.3) is 0 Å². The summed E-state index contributed by atoms with van der Waals surface area (Å²) in [6.45, 7) is 13.7. The molecule has 4 N–H and O–H groups in total. The number of carbonyl (C=O) groups excluding carboxylic acids is 4. The number of hydrogen-bond acceptors (Lipinski definition) is 6. The van der Waals surface area contributed by atoms with E-state index in [9.17, 15) is 19.2 Å². The fourth-order valence-corrected chi connectivity index (χ4v) is 4.22. The molecule has 1 aliphatic rings. The summed E-state index contributed by atoms with van der Waals surface area (Å²) in [5.74, 6) is -0.328. The molecule has 4 atom stereocenters. The molecule has 1 aliphatic heterocycles. The third-order valence-corrected chi connectivity index (χ3v) is 6.24. The van der Waals surface area contributed by atoms with E-state index in [-0.39, 0.29) is 29.7 Å². The summed E-state index contributed by atoms with van der Waals surface area (Å²) >= 11 is 0. The van der Waals surface area contributed by atoms with Crippen LogP contribution in [-0.4, -0.2) is 60.4 Å². The van der Waals surface area contributed by atoms with E-state index in [1.54, 1.807) is 26.8 Å². The zero-order chi connectivity index (χ0) is 27.5. The minimum Gasteiger partial charge on any atom is -0.490 e. The first-order valence-electron chi connectivity index (χ1n) is 12.8. The molecule has 10 nitrogen and oxygen atoms in total. The Bertz CT molecular complexity index is 951. The highest BCUT2D eigenvalue weighted by Crippen LogP contribution is 2.26. The van der Waals surface area contributed by atoms with Crippen molar-refractivity contribution in [2.24, 2.45) is 11.8 Å². The van der Waals surface area contributed by atoms with Crippen molar-refractivity contribution < 1.29 is 23.9 Å². The van der Waals surface area contributed by atoms with Gasteiger partial charge in [-0.05, 0) is 49.3 Å². The first-order chi connectivity index (χ1) is 17.6. The Labute approximate surface area is 219 Å². The lowest BCUT2D eigenvalue weighted by molar-refractivity contribution is -0.143. The van der Waals surface area contributed by atoms with Crippen molar-refractivity contribution in [2.45, 2.75) is 71.6 Å². The van der Waals surface area contributed by atoms with Crippen molar-refractivity contribution in [3.05, 3.63) is 42.5 Å². The monoisotopic (exact) mass is 515 g/mol. The van der Waals surface area contributed by atoms with Crippen molar-refractivity contribution in [1.82, 2.24) is 26.4 Å². The third kappa shape index (κ3) is 8.59. The molecule has 0 aliphatic carbocycles. The maximum atomic E-state index is 13.2. The minimum atomic E-state index is -0.835. The van der Waals surface area contributed by atoms with Crippen LogP contribution in [0.4, 0.5) is 0 Å². The van der Waals surface area contributed by atoms with Gasteiger partial charge in [0.05, 0.1) is 6.04 Å². The minimum absolute atomic E-state index is 0.115. The van der Waals surface area contributed by atoms with Crippen LogP contribution in [0.2, 0.25) is 0 Å². The second-order valence-electron chi connectivity index (χ2n) is 9.95. The first kappa shape index (κ1) is 29.8. The molecule has 1 aromatic rings. The van der Waals surface area contributed by atoms with Gasteiger partial charge in [-0.25, -0.2) is 5.43 Å². The molecular weight excluding hydrogens is 474 g/mol. The lowest BCUT2D eigenvalue weighted by atomic mass is 9.95. The van der Waals surface area contributed by atoms with Crippen molar-refractivity contribution in [2.75, 3.05) is 13.2 Å². The summed E-state index contributed by atoms with van der Waals surface area (Å²) in [6.07, 6.45) is 3.35. The van der Waals surface area contributed by atoms with Gasteiger partial charge in [0.1, 0.15) is 30.5 Å². The van der Waals surface area contributed by atoms with Gasteiger partial charge in [-0.15, -0.1) is 0 Å². The maximum absolute atomic E-state index is 13.2. The number of carbonyl (C=O) groups is 4. The summed E-state index contributed by atoms with van der Waals surface area (Å²) in [5, 5.41) is 9.66. The molecule has 1 aromatic carbocycles. The third-order valence-electron chi connectivity index (χ3n) is 6.24. The van der Waals surface area contributed by atoms with Gasteiger partial charge in [-0.2, -0.15) is 0 Å². The molecule has 2 rings (SSSR count). The number of hydrazine groups is 1. The van der Waals surface area contributed by atoms with Crippen LogP contribution in [0.3, 0.4) is 0 Å². The SMILES string of the molecule is C=CCOc1cccc([C@H](NC(=O)[C@@H]2CCCN(C(=O)[C@H](C)NC(=O)[C@@H](NC=O)C(C)C)N2)C(C)C)c1. The second kappa shape index (κ2) is 14.4. The molecule has 0 spiro atoms. The number of amides is 4. The van der Waals surface area contributed by atoms with E-state index in [1.165, 1.54) is 5.01 Å². The Kier molecular flexibility index (Phi) is 11.6. The van der Waals surface area contributed by atoms with Crippen LogP contribution in [0.15, 0.2) is 36.9 Å². The average Bonchev–Trinajstić information content (AvgIpc) is 2.88. The predicted molar refractivity (Wildman–Crippen MR) is 141 cm³/mol. The average molecular weight is 516 g/mol. The van der Waals surface area contributed by atoms with Crippen molar-refractivity contribution in [3.63, 3.8) is 0 Å². The number of rotatable bonds is 13. The van der Waals surface area contributed by atoms with E-state index < -0.39 is 24.0 Å². The van der Waals surface area contributed by atoms with Crippen molar-refractivity contribution >= 4 is 24.1 Å². The molecule has 1 fully saturated rings. The van der Waals surface area contributed by atoms with Gasteiger partial charge in [-0.1, -0.05) is 52.5 Å². The summed E-state index contributed by atoms with van der Waals surface area (Å²) in [5.41, 5.74) is 3.96. The molecule has 0 saturated carbocycles. The van der Waals surface area contributed by atoms with E-state index in [1.807, 2.05) is 38.1 Å².